The van der Waals surface area contributed by atoms with E-state index in [1.165, 1.54) is 22.7 Å². The Morgan fingerprint density at radius 2 is 2.04 bits per heavy atom. The SMILES string of the molecule is CCOC(=O)c1c(NC(=O)c2cccs2)sc2c1C[C@@H](C(C)C)O[C@@H]2C(C)C. The molecule has 1 N–H and O–H groups in total. The second-order valence-electron chi connectivity index (χ2n) is 7.59. The van der Waals surface area contributed by atoms with Crippen molar-refractivity contribution in [3.8, 4) is 0 Å². The van der Waals surface area contributed by atoms with Gasteiger partial charge in [-0.25, -0.2) is 4.79 Å². The fraction of sp³-hybridized carbons (Fsp3) is 0.524. The van der Waals surface area contributed by atoms with Gasteiger partial charge in [-0.2, -0.15) is 0 Å². The van der Waals surface area contributed by atoms with Crippen molar-refractivity contribution in [3.05, 3.63) is 38.4 Å². The second kappa shape index (κ2) is 8.76. The maximum Gasteiger partial charge on any atom is 0.341 e. The quantitative estimate of drug-likeness (QED) is 0.623. The second-order valence-corrected chi connectivity index (χ2v) is 9.59. The lowest BCUT2D eigenvalue weighted by molar-refractivity contribution is -0.0671. The average Bonchev–Trinajstić information content (AvgIpc) is 3.28. The first-order valence-electron chi connectivity index (χ1n) is 9.66. The fourth-order valence-corrected chi connectivity index (χ4v) is 5.39. The smallest absolute Gasteiger partial charge is 0.341 e. The van der Waals surface area contributed by atoms with Gasteiger partial charge >= 0.3 is 5.97 Å². The van der Waals surface area contributed by atoms with E-state index in [0.29, 0.717) is 34.4 Å². The van der Waals surface area contributed by atoms with Crippen LogP contribution in [0.5, 0.6) is 0 Å². The van der Waals surface area contributed by atoms with Crippen LogP contribution in [-0.4, -0.2) is 24.6 Å². The van der Waals surface area contributed by atoms with Crippen molar-refractivity contribution in [1.29, 1.82) is 0 Å². The van der Waals surface area contributed by atoms with Crippen LogP contribution in [0.1, 0.15) is 71.2 Å². The number of thiophene rings is 2. The summed E-state index contributed by atoms with van der Waals surface area (Å²) in [5.41, 5.74) is 1.46. The molecule has 1 amide bonds. The van der Waals surface area contributed by atoms with Crippen molar-refractivity contribution in [3.63, 3.8) is 0 Å². The van der Waals surface area contributed by atoms with Gasteiger partial charge in [0.2, 0.25) is 0 Å². The summed E-state index contributed by atoms with van der Waals surface area (Å²) in [6.45, 7) is 10.6. The molecular formula is C21H27NO4S2. The van der Waals surface area contributed by atoms with Crippen molar-refractivity contribution >= 4 is 39.6 Å². The van der Waals surface area contributed by atoms with Gasteiger partial charge in [-0.15, -0.1) is 22.7 Å². The Labute approximate surface area is 174 Å². The lowest BCUT2D eigenvalue weighted by Gasteiger charge is -2.34. The molecular weight excluding hydrogens is 394 g/mol. The molecule has 2 aromatic heterocycles. The molecule has 0 radical (unpaired) electrons. The van der Waals surface area contributed by atoms with E-state index in [9.17, 15) is 9.59 Å². The van der Waals surface area contributed by atoms with Crippen molar-refractivity contribution in [2.45, 2.75) is 53.2 Å². The Morgan fingerprint density at radius 1 is 1.29 bits per heavy atom. The number of ether oxygens (including phenoxy) is 2. The zero-order valence-electron chi connectivity index (χ0n) is 16.9. The third-order valence-electron chi connectivity index (χ3n) is 4.82. The first-order chi connectivity index (χ1) is 13.3. The zero-order valence-corrected chi connectivity index (χ0v) is 18.5. The highest BCUT2D eigenvalue weighted by atomic mass is 32.1. The third-order valence-corrected chi connectivity index (χ3v) is 6.90. The van der Waals surface area contributed by atoms with E-state index in [0.717, 1.165) is 10.4 Å². The van der Waals surface area contributed by atoms with Gasteiger partial charge in [-0.3, -0.25) is 4.79 Å². The van der Waals surface area contributed by atoms with E-state index in [1.54, 1.807) is 13.0 Å². The molecule has 3 heterocycles. The van der Waals surface area contributed by atoms with Gasteiger partial charge in [-0.1, -0.05) is 33.8 Å². The number of hydrogen-bond donors (Lipinski definition) is 1. The highest BCUT2D eigenvalue weighted by Gasteiger charge is 2.38. The highest BCUT2D eigenvalue weighted by Crippen LogP contribution is 2.46. The number of amides is 1. The summed E-state index contributed by atoms with van der Waals surface area (Å²) in [7, 11) is 0. The third kappa shape index (κ3) is 4.16. The van der Waals surface area contributed by atoms with Crippen LogP contribution in [0.2, 0.25) is 0 Å². The Balaban J connectivity index is 2.06. The minimum Gasteiger partial charge on any atom is -0.462 e. The minimum absolute atomic E-state index is 0.0310. The number of carbonyl (C=O) groups is 2. The van der Waals surface area contributed by atoms with Gasteiger partial charge in [0.05, 0.1) is 29.3 Å². The lowest BCUT2D eigenvalue weighted by Crippen LogP contribution is -2.32. The maximum atomic E-state index is 12.8. The van der Waals surface area contributed by atoms with Gasteiger partial charge in [0.15, 0.2) is 0 Å². The minimum atomic E-state index is -0.381. The summed E-state index contributed by atoms with van der Waals surface area (Å²) in [6, 6.07) is 3.60. The van der Waals surface area contributed by atoms with Gasteiger partial charge in [0, 0.05) is 11.3 Å². The fourth-order valence-electron chi connectivity index (χ4n) is 3.35. The van der Waals surface area contributed by atoms with Crippen LogP contribution < -0.4 is 5.32 Å². The monoisotopic (exact) mass is 421 g/mol. The molecule has 1 aliphatic rings. The first kappa shape index (κ1) is 21.0. The molecule has 2 atom stereocenters. The number of carbonyl (C=O) groups excluding carboxylic acids is 2. The van der Waals surface area contributed by atoms with Crippen LogP contribution in [0, 0.1) is 11.8 Å². The predicted octanol–water partition coefficient (Wildman–Crippen LogP) is 5.53. The summed E-state index contributed by atoms with van der Waals surface area (Å²) in [4.78, 5) is 27.1. The van der Waals surface area contributed by atoms with E-state index < -0.39 is 0 Å². The Hall–Kier alpha value is -1.70. The molecule has 0 saturated carbocycles. The van der Waals surface area contributed by atoms with Crippen LogP contribution in [0.15, 0.2) is 17.5 Å². The first-order valence-corrected chi connectivity index (χ1v) is 11.4. The summed E-state index contributed by atoms with van der Waals surface area (Å²) < 4.78 is 11.7. The van der Waals surface area contributed by atoms with Gasteiger partial charge < -0.3 is 14.8 Å². The standard InChI is InChI=1S/C21H27NO4S2/c1-6-25-21(24)16-13-10-14(11(2)3)26-17(12(4)5)18(13)28-20(16)22-19(23)15-8-7-9-27-15/h7-9,11-12,14,17H,6,10H2,1-5H3,(H,22,23)/t14-,17+/m0/s1. The largest absolute Gasteiger partial charge is 0.462 e. The van der Waals surface area contributed by atoms with Crippen molar-refractivity contribution < 1.29 is 19.1 Å². The van der Waals surface area contributed by atoms with Gasteiger partial charge in [0.25, 0.3) is 5.91 Å². The van der Waals surface area contributed by atoms with E-state index in [1.807, 2.05) is 11.4 Å². The van der Waals surface area contributed by atoms with E-state index in [4.69, 9.17) is 9.47 Å². The van der Waals surface area contributed by atoms with E-state index in [-0.39, 0.29) is 30.0 Å². The number of anilines is 1. The van der Waals surface area contributed by atoms with Gasteiger partial charge in [-0.05, 0) is 35.8 Å². The molecule has 0 unspecified atom stereocenters. The molecule has 5 nitrogen and oxygen atoms in total. The summed E-state index contributed by atoms with van der Waals surface area (Å²) >= 11 is 2.81. The summed E-state index contributed by atoms with van der Waals surface area (Å²) in [6.07, 6.45) is 0.584. The van der Waals surface area contributed by atoms with Crippen molar-refractivity contribution in [1.82, 2.24) is 0 Å². The number of fused-ring (bicyclic) bond motifs is 1. The Morgan fingerprint density at radius 3 is 2.61 bits per heavy atom. The molecule has 152 valence electrons. The van der Waals surface area contributed by atoms with Crippen LogP contribution in [0.25, 0.3) is 0 Å². The predicted molar refractivity (Wildman–Crippen MR) is 114 cm³/mol. The Bertz CT molecular complexity index is 839. The molecule has 0 saturated heterocycles. The van der Waals surface area contributed by atoms with Crippen LogP contribution in [-0.2, 0) is 15.9 Å². The molecule has 0 aliphatic carbocycles. The lowest BCUT2D eigenvalue weighted by atomic mass is 9.89. The summed E-state index contributed by atoms with van der Waals surface area (Å²) in [5, 5.41) is 5.36. The Kier molecular flexibility index (Phi) is 6.58. The number of nitrogens with one attached hydrogen (secondary N) is 1. The topological polar surface area (TPSA) is 64.6 Å². The molecule has 0 bridgehead atoms. The number of hydrogen-bond acceptors (Lipinski definition) is 6. The van der Waals surface area contributed by atoms with Crippen LogP contribution in [0.4, 0.5) is 5.00 Å². The molecule has 28 heavy (non-hydrogen) atoms. The van der Waals surface area contributed by atoms with Crippen LogP contribution in [0.3, 0.4) is 0 Å². The molecule has 3 rings (SSSR count). The number of rotatable bonds is 6. The zero-order chi connectivity index (χ0) is 20.4. The molecule has 2 aromatic rings. The number of esters is 1. The highest BCUT2D eigenvalue weighted by molar-refractivity contribution is 7.17. The molecule has 0 spiro atoms. The molecule has 1 aliphatic heterocycles. The molecule has 0 fully saturated rings. The summed E-state index contributed by atoms with van der Waals surface area (Å²) in [5.74, 6) is -0.00156. The van der Waals surface area contributed by atoms with E-state index in [2.05, 4.69) is 33.0 Å². The average molecular weight is 422 g/mol. The molecule has 7 heteroatoms. The van der Waals surface area contributed by atoms with Crippen molar-refractivity contribution in [2.24, 2.45) is 11.8 Å². The van der Waals surface area contributed by atoms with E-state index >= 15 is 0 Å². The molecule has 0 aromatic carbocycles. The van der Waals surface area contributed by atoms with Crippen LogP contribution >= 0.6 is 22.7 Å². The van der Waals surface area contributed by atoms with Gasteiger partial charge in [0.1, 0.15) is 5.00 Å². The van der Waals surface area contributed by atoms with Crippen molar-refractivity contribution in [2.75, 3.05) is 11.9 Å². The normalized spacial score (nSPS) is 19.0. The maximum absolute atomic E-state index is 12.8.